The number of aliphatic carboxylic acids is 1. The molecule has 1 unspecified atom stereocenters. The van der Waals surface area contributed by atoms with Gasteiger partial charge in [-0.05, 0) is 25.5 Å². The van der Waals surface area contributed by atoms with Crippen LogP contribution in [0.3, 0.4) is 0 Å². The molecule has 0 saturated carbocycles. The van der Waals surface area contributed by atoms with Crippen molar-refractivity contribution in [2.45, 2.75) is 39.2 Å². The average molecular weight is 261 g/mol. The summed E-state index contributed by atoms with van der Waals surface area (Å²) in [7, 11) is 0. The van der Waals surface area contributed by atoms with Crippen molar-refractivity contribution in [3.63, 3.8) is 0 Å². The Hall–Kier alpha value is -2.04. The fourth-order valence-corrected chi connectivity index (χ4v) is 2.24. The number of para-hydroxylation sites is 1. The van der Waals surface area contributed by atoms with E-state index in [4.69, 9.17) is 5.73 Å². The molecule has 3 N–H and O–H groups in total. The molecule has 0 radical (unpaired) electrons. The van der Waals surface area contributed by atoms with E-state index in [1.54, 1.807) is 17.6 Å². The summed E-state index contributed by atoms with van der Waals surface area (Å²) in [6, 6.07) is 4.84. The first-order chi connectivity index (χ1) is 9.06. The molecule has 0 amide bonds. The van der Waals surface area contributed by atoms with Gasteiger partial charge in [0.2, 0.25) is 0 Å². The Balaban J connectivity index is 2.61. The number of aromatic nitrogens is 2. The van der Waals surface area contributed by atoms with Crippen LogP contribution >= 0.6 is 0 Å². The quantitative estimate of drug-likeness (QED) is 0.811. The van der Waals surface area contributed by atoms with Crippen molar-refractivity contribution in [1.82, 2.24) is 9.55 Å². The van der Waals surface area contributed by atoms with Crippen LogP contribution in [-0.2, 0) is 11.2 Å². The molecule has 0 fully saturated rings. The molecule has 1 aromatic heterocycles. The number of imidazole rings is 1. The minimum absolute atomic E-state index is 0.589. The zero-order chi connectivity index (χ0) is 14.0. The van der Waals surface area contributed by atoms with Gasteiger partial charge in [-0.15, -0.1) is 0 Å². The normalized spacial score (nSPS) is 12.7. The summed E-state index contributed by atoms with van der Waals surface area (Å²) in [4.78, 5) is 15.8. The third-order valence-corrected chi connectivity index (χ3v) is 3.32. The van der Waals surface area contributed by atoms with Crippen LogP contribution in [0.15, 0.2) is 18.2 Å². The van der Waals surface area contributed by atoms with Crippen molar-refractivity contribution in [2.75, 3.05) is 5.73 Å². The summed E-state index contributed by atoms with van der Waals surface area (Å²) >= 11 is 0. The molecule has 2 rings (SSSR count). The van der Waals surface area contributed by atoms with Crippen molar-refractivity contribution in [3.05, 3.63) is 24.0 Å². The Bertz CT molecular complexity index is 604. The van der Waals surface area contributed by atoms with E-state index in [2.05, 4.69) is 11.9 Å². The molecule has 0 bridgehead atoms. The molecule has 0 aliphatic carbocycles. The maximum atomic E-state index is 11.3. The number of hydrogen-bond donors (Lipinski definition) is 2. The van der Waals surface area contributed by atoms with Crippen LogP contribution in [0.5, 0.6) is 0 Å². The van der Waals surface area contributed by atoms with Crippen molar-refractivity contribution in [3.8, 4) is 0 Å². The second kappa shape index (κ2) is 5.30. The Morgan fingerprint density at radius 3 is 2.89 bits per heavy atom. The molecule has 19 heavy (non-hydrogen) atoms. The number of unbranched alkanes of at least 4 members (excludes halogenated alkanes) is 1. The van der Waals surface area contributed by atoms with Gasteiger partial charge in [-0.1, -0.05) is 19.4 Å². The number of carboxylic acids is 1. The number of nitrogens with zero attached hydrogens (tertiary/aromatic N) is 2. The highest BCUT2D eigenvalue weighted by Gasteiger charge is 2.21. The van der Waals surface area contributed by atoms with Crippen LogP contribution in [0, 0.1) is 0 Å². The lowest BCUT2D eigenvalue weighted by Crippen LogP contribution is -2.18. The molecule has 5 heteroatoms. The largest absolute Gasteiger partial charge is 0.480 e. The third kappa shape index (κ3) is 2.41. The number of nitrogens with two attached hydrogens (primary N) is 1. The van der Waals surface area contributed by atoms with Gasteiger partial charge in [0.1, 0.15) is 17.4 Å². The monoisotopic (exact) mass is 261 g/mol. The molecule has 5 nitrogen and oxygen atoms in total. The molecule has 1 heterocycles. The van der Waals surface area contributed by atoms with Gasteiger partial charge in [0.25, 0.3) is 0 Å². The van der Waals surface area contributed by atoms with E-state index in [9.17, 15) is 9.90 Å². The average Bonchev–Trinajstić information content (AvgIpc) is 2.75. The molecule has 1 aromatic carbocycles. The second-order valence-corrected chi connectivity index (χ2v) is 4.73. The molecule has 102 valence electrons. The van der Waals surface area contributed by atoms with Gasteiger partial charge in [0.05, 0.1) is 11.2 Å². The van der Waals surface area contributed by atoms with Gasteiger partial charge >= 0.3 is 5.97 Å². The number of hydrogen-bond acceptors (Lipinski definition) is 3. The number of anilines is 1. The van der Waals surface area contributed by atoms with Crippen LogP contribution in [0.1, 0.15) is 38.6 Å². The highest BCUT2D eigenvalue weighted by Crippen LogP contribution is 2.26. The SMILES string of the molecule is CCCCc1nc2c(N)cccc2n1C(C)C(=O)O. The number of carboxylic acid groups (broad SMARTS) is 1. The van der Waals surface area contributed by atoms with Crippen LogP contribution in [0.25, 0.3) is 11.0 Å². The fourth-order valence-electron chi connectivity index (χ4n) is 2.24. The number of aryl methyl sites for hydroxylation is 1. The summed E-state index contributed by atoms with van der Waals surface area (Å²) < 4.78 is 1.78. The Morgan fingerprint density at radius 2 is 2.26 bits per heavy atom. The first-order valence-corrected chi connectivity index (χ1v) is 6.54. The predicted octanol–water partition coefficient (Wildman–Crippen LogP) is 2.61. The number of fused-ring (bicyclic) bond motifs is 1. The van der Waals surface area contributed by atoms with E-state index in [1.165, 1.54) is 0 Å². The fraction of sp³-hybridized carbons (Fsp3) is 0.429. The molecular formula is C14H19N3O2. The van der Waals surface area contributed by atoms with Gasteiger partial charge in [0.15, 0.2) is 0 Å². The topological polar surface area (TPSA) is 81.1 Å². The van der Waals surface area contributed by atoms with Crippen molar-refractivity contribution >= 4 is 22.7 Å². The molecule has 0 aliphatic heterocycles. The van der Waals surface area contributed by atoms with Gasteiger partial charge in [0, 0.05) is 6.42 Å². The number of nitrogen functional groups attached to an aromatic ring is 1. The molecular weight excluding hydrogens is 242 g/mol. The zero-order valence-electron chi connectivity index (χ0n) is 11.3. The lowest BCUT2D eigenvalue weighted by Gasteiger charge is -2.13. The number of carbonyl (C=O) groups is 1. The second-order valence-electron chi connectivity index (χ2n) is 4.73. The van der Waals surface area contributed by atoms with Crippen LogP contribution in [0.4, 0.5) is 5.69 Å². The van der Waals surface area contributed by atoms with Crippen LogP contribution < -0.4 is 5.73 Å². The summed E-state index contributed by atoms with van der Waals surface area (Å²) in [5.41, 5.74) is 8.00. The van der Waals surface area contributed by atoms with Gasteiger partial charge in [-0.3, -0.25) is 0 Å². The first-order valence-electron chi connectivity index (χ1n) is 6.54. The van der Waals surface area contributed by atoms with Crippen LogP contribution in [0.2, 0.25) is 0 Å². The molecule has 0 spiro atoms. The van der Waals surface area contributed by atoms with Crippen molar-refractivity contribution in [1.29, 1.82) is 0 Å². The van der Waals surface area contributed by atoms with E-state index < -0.39 is 12.0 Å². The number of benzene rings is 1. The molecule has 0 saturated heterocycles. The van der Waals surface area contributed by atoms with E-state index in [0.717, 1.165) is 30.6 Å². The minimum atomic E-state index is -0.862. The summed E-state index contributed by atoms with van der Waals surface area (Å²) in [5, 5.41) is 9.25. The lowest BCUT2D eigenvalue weighted by molar-refractivity contribution is -0.140. The highest BCUT2D eigenvalue weighted by molar-refractivity contribution is 5.89. The summed E-state index contributed by atoms with van der Waals surface area (Å²) in [6.45, 7) is 3.77. The van der Waals surface area contributed by atoms with Crippen molar-refractivity contribution < 1.29 is 9.90 Å². The summed E-state index contributed by atoms with van der Waals surface area (Å²) in [5.74, 6) is -0.0656. The van der Waals surface area contributed by atoms with Gasteiger partial charge < -0.3 is 15.4 Å². The van der Waals surface area contributed by atoms with Gasteiger partial charge in [-0.25, -0.2) is 9.78 Å². The maximum Gasteiger partial charge on any atom is 0.326 e. The smallest absolute Gasteiger partial charge is 0.326 e. The van der Waals surface area contributed by atoms with Gasteiger partial charge in [-0.2, -0.15) is 0 Å². The van der Waals surface area contributed by atoms with E-state index in [-0.39, 0.29) is 0 Å². The lowest BCUT2D eigenvalue weighted by atomic mass is 10.2. The van der Waals surface area contributed by atoms with Crippen LogP contribution in [-0.4, -0.2) is 20.6 Å². The predicted molar refractivity (Wildman–Crippen MR) is 75.1 cm³/mol. The van der Waals surface area contributed by atoms with Crippen molar-refractivity contribution in [2.24, 2.45) is 0 Å². The minimum Gasteiger partial charge on any atom is -0.480 e. The highest BCUT2D eigenvalue weighted by atomic mass is 16.4. The zero-order valence-corrected chi connectivity index (χ0v) is 11.3. The van der Waals surface area contributed by atoms with E-state index in [0.29, 0.717) is 11.2 Å². The van der Waals surface area contributed by atoms with E-state index in [1.807, 2.05) is 12.1 Å². The Morgan fingerprint density at radius 1 is 1.53 bits per heavy atom. The Kier molecular flexibility index (Phi) is 3.74. The molecule has 2 aromatic rings. The number of rotatable bonds is 5. The standard InChI is InChI=1S/C14H19N3O2/c1-3-4-8-12-16-13-10(15)6-5-7-11(13)17(12)9(2)14(18)19/h5-7,9H,3-4,8,15H2,1-2H3,(H,18,19). The molecule has 0 aliphatic rings. The first kappa shape index (κ1) is 13.4. The van der Waals surface area contributed by atoms with E-state index >= 15 is 0 Å². The third-order valence-electron chi connectivity index (χ3n) is 3.32. The summed E-state index contributed by atoms with van der Waals surface area (Å²) in [6.07, 6.45) is 2.79. The maximum absolute atomic E-state index is 11.3. The Labute approximate surface area is 112 Å². The molecule has 1 atom stereocenters.